The van der Waals surface area contributed by atoms with Crippen molar-refractivity contribution in [3.8, 4) is 0 Å². The van der Waals surface area contributed by atoms with Gasteiger partial charge < -0.3 is 19.9 Å². The zero-order chi connectivity index (χ0) is 21.5. The number of urea groups is 1. The third kappa shape index (κ3) is 4.44. The fraction of sp³-hybridized carbons (Fsp3) is 0.450. The zero-order valence-electron chi connectivity index (χ0n) is 16.1. The summed E-state index contributed by atoms with van der Waals surface area (Å²) in [5.41, 5.74) is 0.991. The number of carbonyl (C=O) groups excluding carboxylic acids is 1. The van der Waals surface area contributed by atoms with Crippen LogP contribution in [0.5, 0.6) is 0 Å². The van der Waals surface area contributed by atoms with E-state index in [1.165, 1.54) is 4.91 Å². The second-order valence-electron chi connectivity index (χ2n) is 7.52. The molecule has 1 saturated heterocycles. The molecule has 0 saturated carbocycles. The topological polar surface area (TPSA) is 44.8 Å². The van der Waals surface area contributed by atoms with Gasteiger partial charge in [-0.05, 0) is 18.6 Å². The van der Waals surface area contributed by atoms with E-state index in [0.717, 1.165) is 35.7 Å². The maximum Gasteiger partial charge on any atom is 0.416 e. The first kappa shape index (κ1) is 21.0. The van der Waals surface area contributed by atoms with Crippen LogP contribution in [0.15, 0.2) is 41.1 Å². The molecule has 162 valence electrons. The molecule has 2 amide bonds. The van der Waals surface area contributed by atoms with E-state index in [0.29, 0.717) is 32.2 Å². The van der Waals surface area contributed by atoms with Gasteiger partial charge in [-0.1, -0.05) is 12.6 Å². The number of ether oxygens (including phenoxy) is 1. The van der Waals surface area contributed by atoms with Crippen LogP contribution in [0.2, 0.25) is 0 Å². The van der Waals surface area contributed by atoms with Crippen LogP contribution in [-0.4, -0.2) is 53.9 Å². The standard InChI is InChI=1S/C20H21F4N3O2S/c1-12-11-30-18-4-5-26(9-17(18)25-12)19(28)27-7-15(8-27)29-10-13-2-3-14(6-16(13)21)20(22,23)24/h2-3,6,15,25H,1,4-5,7-11H2. The van der Waals surface area contributed by atoms with Gasteiger partial charge in [-0.15, -0.1) is 11.8 Å². The molecule has 1 N–H and O–H groups in total. The van der Waals surface area contributed by atoms with E-state index < -0.39 is 17.6 Å². The summed E-state index contributed by atoms with van der Waals surface area (Å²) in [4.78, 5) is 17.4. The Balaban J connectivity index is 1.25. The number of benzene rings is 1. The summed E-state index contributed by atoms with van der Waals surface area (Å²) in [6.07, 6.45) is -4.04. The summed E-state index contributed by atoms with van der Waals surface area (Å²) in [5.74, 6) is -0.105. The van der Waals surface area contributed by atoms with E-state index >= 15 is 0 Å². The lowest BCUT2D eigenvalue weighted by atomic mass is 10.1. The van der Waals surface area contributed by atoms with Crippen LogP contribution in [0.25, 0.3) is 0 Å². The summed E-state index contributed by atoms with van der Waals surface area (Å²) in [5, 5.41) is 3.27. The fourth-order valence-electron chi connectivity index (χ4n) is 3.55. The Bertz CT molecular complexity index is 897. The minimum Gasteiger partial charge on any atom is -0.370 e. The summed E-state index contributed by atoms with van der Waals surface area (Å²) < 4.78 is 57.3. The molecule has 0 bridgehead atoms. The lowest BCUT2D eigenvalue weighted by molar-refractivity contribution is -0.137. The van der Waals surface area contributed by atoms with Crippen LogP contribution >= 0.6 is 11.8 Å². The van der Waals surface area contributed by atoms with Crippen LogP contribution in [0, 0.1) is 5.82 Å². The van der Waals surface area contributed by atoms with Gasteiger partial charge in [0.1, 0.15) is 5.82 Å². The predicted octanol–water partition coefficient (Wildman–Crippen LogP) is 3.93. The molecule has 1 fully saturated rings. The van der Waals surface area contributed by atoms with Crippen molar-refractivity contribution in [2.45, 2.75) is 25.3 Å². The van der Waals surface area contributed by atoms with Gasteiger partial charge in [0.05, 0.1) is 37.9 Å². The molecule has 0 unspecified atom stereocenters. The van der Waals surface area contributed by atoms with Crippen molar-refractivity contribution in [3.05, 3.63) is 58.0 Å². The highest BCUT2D eigenvalue weighted by molar-refractivity contribution is 8.03. The lowest BCUT2D eigenvalue weighted by Gasteiger charge is -2.43. The van der Waals surface area contributed by atoms with Gasteiger partial charge in [-0.3, -0.25) is 0 Å². The Morgan fingerprint density at radius 2 is 2.07 bits per heavy atom. The van der Waals surface area contributed by atoms with Crippen molar-refractivity contribution in [2.75, 3.05) is 31.9 Å². The molecule has 10 heteroatoms. The number of thioether (sulfide) groups is 1. The smallest absolute Gasteiger partial charge is 0.370 e. The monoisotopic (exact) mass is 443 g/mol. The van der Waals surface area contributed by atoms with Crippen LogP contribution in [0.1, 0.15) is 17.5 Å². The molecule has 0 spiro atoms. The van der Waals surface area contributed by atoms with Crippen LogP contribution in [0.3, 0.4) is 0 Å². The molecule has 4 rings (SSSR count). The second kappa shape index (κ2) is 8.14. The van der Waals surface area contributed by atoms with Crippen LogP contribution < -0.4 is 5.32 Å². The van der Waals surface area contributed by atoms with E-state index in [9.17, 15) is 22.4 Å². The average Bonchev–Trinajstić information content (AvgIpc) is 2.66. The van der Waals surface area contributed by atoms with Gasteiger partial charge in [0.25, 0.3) is 0 Å². The number of hydrogen-bond acceptors (Lipinski definition) is 4. The van der Waals surface area contributed by atoms with Crippen molar-refractivity contribution in [2.24, 2.45) is 0 Å². The summed E-state index contributed by atoms with van der Waals surface area (Å²) in [6.45, 7) is 5.71. The highest BCUT2D eigenvalue weighted by atomic mass is 32.2. The number of amides is 2. The van der Waals surface area contributed by atoms with E-state index in [1.807, 2.05) is 0 Å². The Kier molecular flexibility index (Phi) is 5.71. The maximum absolute atomic E-state index is 13.9. The SMILES string of the molecule is C=C1CSC2=C(CN(C(=O)N3CC(OCc4ccc(C(F)(F)F)cc4F)C3)CC2)N1. The first-order chi connectivity index (χ1) is 14.2. The molecule has 5 nitrogen and oxygen atoms in total. The zero-order valence-corrected chi connectivity index (χ0v) is 16.9. The molecule has 0 radical (unpaired) electrons. The second-order valence-corrected chi connectivity index (χ2v) is 8.59. The first-order valence-corrected chi connectivity index (χ1v) is 10.5. The van der Waals surface area contributed by atoms with Crippen molar-refractivity contribution in [1.82, 2.24) is 15.1 Å². The summed E-state index contributed by atoms with van der Waals surface area (Å²) in [6, 6.07) is 2.32. The van der Waals surface area contributed by atoms with Crippen molar-refractivity contribution >= 4 is 17.8 Å². The van der Waals surface area contributed by atoms with Crippen LogP contribution in [0.4, 0.5) is 22.4 Å². The summed E-state index contributed by atoms with van der Waals surface area (Å²) in [7, 11) is 0. The predicted molar refractivity (Wildman–Crippen MR) is 105 cm³/mol. The molecule has 0 aromatic heterocycles. The number of hydrogen-bond donors (Lipinski definition) is 1. The van der Waals surface area contributed by atoms with E-state index in [-0.39, 0.29) is 24.3 Å². The molecular formula is C20H21F4N3O2S. The molecule has 30 heavy (non-hydrogen) atoms. The number of likely N-dealkylation sites (tertiary alicyclic amines) is 1. The number of carbonyl (C=O) groups is 1. The van der Waals surface area contributed by atoms with Gasteiger partial charge in [0, 0.05) is 34.2 Å². The highest BCUT2D eigenvalue weighted by Crippen LogP contribution is 2.33. The van der Waals surface area contributed by atoms with Crippen LogP contribution in [-0.2, 0) is 17.5 Å². The molecule has 0 atom stereocenters. The normalized spacial score (nSPS) is 20.1. The van der Waals surface area contributed by atoms with Gasteiger partial charge in [-0.2, -0.15) is 13.2 Å². The Labute approximate surface area is 175 Å². The Morgan fingerprint density at radius 1 is 1.30 bits per heavy atom. The van der Waals surface area contributed by atoms with Gasteiger partial charge in [-0.25, -0.2) is 9.18 Å². The molecule has 1 aromatic carbocycles. The van der Waals surface area contributed by atoms with E-state index in [1.54, 1.807) is 21.6 Å². The molecule has 1 aromatic rings. The number of alkyl halides is 3. The van der Waals surface area contributed by atoms with Gasteiger partial charge >= 0.3 is 12.2 Å². The Morgan fingerprint density at radius 3 is 2.77 bits per heavy atom. The average molecular weight is 443 g/mol. The minimum absolute atomic E-state index is 0.0596. The van der Waals surface area contributed by atoms with E-state index in [2.05, 4.69) is 11.9 Å². The largest absolute Gasteiger partial charge is 0.416 e. The molecule has 0 aliphatic carbocycles. The van der Waals surface area contributed by atoms with Crippen molar-refractivity contribution in [1.29, 1.82) is 0 Å². The molecule has 3 aliphatic heterocycles. The first-order valence-electron chi connectivity index (χ1n) is 9.51. The minimum atomic E-state index is -4.58. The molecule has 3 heterocycles. The third-order valence-corrected chi connectivity index (χ3v) is 6.58. The van der Waals surface area contributed by atoms with E-state index in [4.69, 9.17) is 4.74 Å². The van der Waals surface area contributed by atoms with Crippen molar-refractivity contribution < 1.29 is 27.1 Å². The van der Waals surface area contributed by atoms with Gasteiger partial charge in [0.2, 0.25) is 0 Å². The highest BCUT2D eigenvalue weighted by Gasteiger charge is 2.36. The summed E-state index contributed by atoms with van der Waals surface area (Å²) >= 11 is 1.76. The number of rotatable bonds is 3. The fourth-order valence-corrected chi connectivity index (χ4v) is 4.50. The lowest BCUT2D eigenvalue weighted by Crippen LogP contribution is -2.59. The third-order valence-electron chi connectivity index (χ3n) is 5.29. The molecule has 3 aliphatic rings. The number of nitrogens with zero attached hydrogens (tertiary/aromatic N) is 2. The maximum atomic E-state index is 13.9. The quantitative estimate of drug-likeness (QED) is 0.719. The Hall–Kier alpha value is -2.20. The molecular weight excluding hydrogens is 422 g/mol. The van der Waals surface area contributed by atoms with Gasteiger partial charge in [0.15, 0.2) is 0 Å². The number of nitrogens with one attached hydrogen (secondary N) is 1. The number of halogens is 4. The van der Waals surface area contributed by atoms with Crippen molar-refractivity contribution in [3.63, 3.8) is 0 Å².